The average molecular weight is 226 g/mol. The maximum atomic E-state index is 8.92. The maximum Gasteiger partial charge on any atom is 0.0992 e. The summed E-state index contributed by atoms with van der Waals surface area (Å²) in [5.74, 6) is 0.756. The number of aromatic nitrogens is 1. The van der Waals surface area contributed by atoms with Gasteiger partial charge in [0.05, 0.1) is 11.6 Å². The molecular formula is C15H18N2. The lowest BCUT2D eigenvalue weighted by molar-refractivity contribution is 0.518. The molecule has 0 radical (unpaired) electrons. The Morgan fingerprint density at radius 1 is 1.29 bits per heavy atom. The van der Waals surface area contributed by atoms with Crippen molar-refractivity contribution in [3.05, 3.63) is 36.0 Å². The lowest BCUT2D eigenvalue weighted by Crippen LogP contribution is -1.98. The molecule has 88 valence electrons. The van der Waals surface area contributed by atoms with Crippen molar-refractivity contribution in [3.8, 4) is 6.07 Å². The van der Waals surface area contributed by atoms with E-state index >= 15 is 0 Å². The zero-order valence-electron chi connectivity index (χ0n) is 10.5. The second kappa shape index (κ2) is 5.05. The van der Waals surface area contributed by atoms with Gasteiger partial charge in [-0.25, -0.2) is 0 Å². The first-order valence-corrected chi connectivity index (χ1v) is 6.19. The minimum atomic E-state index is 0.737. The SMILES string of the molecule is CC(C)CCCn1ccc2ccc(C#N)cc21. The largest absolute Gasteiger partial charge is 0.347 e. The molecule has 0 saturated carbocycles. The Labute approximate surface area is 102 Å². The van der Waals surface area contributed by atoms with Crippen LogP contribution in [0.5, 0.6) is 0 Å². The summed E-state index contributed by atoms with van der Waals surface area (Å²) in [6.45, 7) is 5.54. The maximum absolute atomic E-state index is 8.92. The Morgan fingerprint density at radius 3 is 2.82 bits per heavy atom. The lowest BCUT2D eigenvalue weighted by atomic mass is 10.1. The van der Waals surface area contributed by atoms with Crippen molar-refractivity contribution in [2.24, 2.45) is 5.92 Å². The van der Waals surface area contributed by atoms with Crippen molar-refractivity contribution in [2.45, 2.75) is 33.2 Å². The van der Waals surface area contributed by atoms with E-state index in [1.807, 2.05) is 18.2 Å². The van der Waals surface area contributed by atoms with Gasteiger partial charge in [-0.15, -0.1) is 0 Å². The van der Waals surface area contributed by atoms with Crippen LogP contribution in [0.3, 0.4) is 0 Å². The van der Waals surface area contributed by atoms with E-state index in [1.54, 1.807) is 0 Å². The Bertz CT molecular complexity index is 544. The topological polar surface area (TPSA) is 28.7 Å². The minimum absolute atomic E-state index is 0.737. The lowest BCUT2D eigenvalue weighted by Gasteiger charge is -2.07. The van der Waals surface area contributed by atoms with Crippen molar-refractivity contribution in [1.82, 2.24) is 4.57 Å². The fourth-order valence-corrected chi connectivity index (χ4v) is 2.12. The van der Waals surface area contributed by atoms with E-state index in [1.165, 1.54) is 23.7 Å². The highest BCUT2D eigenvalue weighted by Gasteiger charge is 2.02. The highest BCUT2D eigenvalue weighted by Crippen LogP contribution is 2.18. The van der Waals surface area contributed by atoms with Gasteiger partial charge in [-0.05, 0) is 42.3 Å². The summed E-state index contributed by atoms with van der Waals surface area (Å²) in [5.41, 5.74) is 1.91. The van der Waals surface area contributed by atoms with Gasteiger partial charge in [-0.1, -0.05) is 19.9 Å². The van der Waals surface area contributed by atoms with Gasteiger partial charge in [-0.3, -0.25) is 0 Å². The number of hydrogen-bond acceptors (Lipinski definition) is 1. The van der Waals surface area contributed by atoms with Gasteiger partial charge in [0, 0.05) is 18.3 Å². The molecule has 0 atom stereocenters. The third-order valence-corrected chi connectivity index (χ3v) is 3.08. The third-order valence-electron chi connectivity index (χ3n) is 3.08. The van der Waals surface area contributed by atoms with Gasteiger partial charge in [0.25, 0.3) is 0 Å². The zero-order valence-corrected chi connectivity index (χ0v) is 10.5. The second-order valence-electron chi connectivity index (χ2n) is 4.93. The van der Waals surface area contributed by atoms with Gasteiger partial charge in [0.1, 0.15) is 0 Å². The molecule has 2 rings (SSSR count). The Kier molecular flexibility index (Phi) is 3.49. The van der Waals surface area contributed by atoms with Crippen LogP contribution >= 0.6 is 0 Å². The van der Waals surface area contributed by atoms with E-state index in [9.17, 15) is 0 Å². The molecule has 0 bridgehead atoms. The number of fused-ring (bicyclic) bond motifs is 1. The molecule has 0 unspecified atom stereocenters. The first kappa shape index (κ1) is 11.7. The van der Waals surface area contributed by atoms with Crippen molar-refractivity contribution in [2.75, 3.05) is 0 Å². The van der Waals surface area contributed by atoms with Gasteiger partial charge in [0.15, 0.2) is 0 Å². The predicted octanol–water partition coefficient (Wildman–Crippen LogP) is 3.95. The summed E-state index contributed by atoms with van der Waals surface area (Å²) < 4.78 is 2.25. The van der Waals surface area contributed by atoms with E-state index in [4.69, 9.17) is 5.26 Å². The Hall–Kier alpha value is -1.75. The standard InChI is InChI=1S/C15H18N2/c1-12(2)4-3-8-17-9-7-14-6-5-13(11-16)10-15(14)17/h5-7,9-10,12H,3-4,8H2,1-2H3. The number of nitriles is 1. The number of benzene rings is 1. The van der Waals surface area contributed by atoms with Crippen LogP contribution in [0.15, 0.2) is 30.5 Å². The zero-order chi connectivity index (χ0) is 12.3. The van der Waals surface area contributed by atoms with Crippen LogP contribution in [0.25, 0.3) is 10.9 Å². The number of nitrogens with zero attached hydrogens (tertiary/aromatic N) is 2. The molecular weight excluding hydrogens is 208 g/mol. The number of aryl methyl sites for hydroxylation is 1. The molecule has 0 spiro atoms. The monoisotopic (exact) mass is 226 g/mol. The molecule has 1 aromatic carbocycles. The quantitative estimate of drug-likeness (QED) is 0.776. The van der Waals surface area contributed by atoms with Gasteiger partial charge in [0.2, 0.25) is 0 Å². The highest BCUT2D eigenvalue weighted by atomic mass is 14.9. The van der Waals surface area contributed by atoms with Crippen LogP contribution in [0.4, 0.5) is 0 Å². The smallest absolute Gasteiger partial charge is 0.0992 e. The molecule has 2 heteroatoms. The third kappa shape index (κ3) is 2.68. The van der Waals surface area contributed by atoms with Gasteiger partial charge >= 0.3 is 0 Å². The summed E-state index contributed by atoms with van der Waals surface area (Å²) in [6, 6.07) is 10.2. The molecule has 17 heavy (non-hydrogen) atoms. The normalized spacial score (nSPS) is 10.9. The fourth-order valence-electron chi connectivity index (χ4n) is 2.12. The van der Waals surface area contributed by atoms with Crippen LogP contribution in [-0.4, -0.2) is 4.57 Å². The molecule has 0 saturated heterocycles. The molecule has 0 aliphatic heterocycles. The van der Waals surface area contributed by atoms with Crippen LogP contribution in [-0.2, 0) is 6.54 Å². The molecule has 1 aromatic heterocycles. The number of hydrogen-bond donors (Lipinski definition) is 0. The Morgan fingerprint density at radius 2 is 2.12 bits per heavy atom. The summed E-state index contributed by atoms with van der Waals surface area (Å²) in [4.78, 5) is 0. The van der Waals surface area contributed by atoms with Crippen LogP contribution in [0, 0.1) is 17.2 Å². The van der Waals surface area contributed by atoms with E-state index in [0.29, 0.717) is 0 Å². The van der Waals surface area contributed by atoms with Crippen LogP contribution in [0.1, 0.15) is 32.3 Å². The number of rotatable bonds is 4. The average Bonchev–Trinajstić information content (AvgIpc) is 2.71. The molecule has 0 N–H and O–H groups in total. The fraction of sp³-hybridized carbons (Fsp3) is 0.400. The van der Waals surface area contributed by atoms with Crippen molar-refractivity contribution < 1.29 is 0 Å². The minimum Gasteiger partial charge on any atom is -0.347 e. The van der Waals surface area contributed by atoms with E-state index in [-0.39, 0.29) is 0 Å². The predicted molar refractivity (Wildman–Crippen MR) is 70.7 cm³/mol. The van der Waals surface area contributed by atoms with Crippen molar-refractivity contribution in [3.63, 3.8) is 0 Å². The summed E-state index contributed by atoms with van der Waals surface area (Å²) in [6.07, 6.45) is 4.56. The molecule has 1 heterocycles. The van der Waals surface area contributed by atoms with E-state index < -0.39 is 0 Å². The van der Waals surface area contributed by atoms with Gasteiger partial charge in [-0.2, -0.15) is 5.26 Å². The Balaban J connectivity index is 2.20. The molecule has 0 aliphatic carbocycles. The summed E-state index contributed by atoms with van der Waals surface area (Å²) >= 11 is 0. The van der Waals surface area contributed by atoms with Crippen LogP contribution < -0.4 is 0 Å². The van der Waals surface area contributed by atoms with E-state index in [0.717, 1.165) is 18.0 Å². The molecule has 2 nitrogen and oxygen atoms in total. The first-order valence-electron chi connectivity index (χ1n) is 6.19. The molecule has 0 fully saturated rings. The highest BCUT2D eigenvalue weighted by molar-refractivity contribution is 5.81. The molecule has 0 amide bonds. The summed E-state index contributed by atoms with van der Waals surface area (Å²) in [7, 11) is 0. The van der Waals surface area contributed by atoms with Crippen molar-refractivity contribution >= 4 is 10.9 Å². The van der Waals surface area contributed by atoms with Crippen molar-refractivity contribution in [1.29, 1.82) is 5.26 Å². The summed E-state index contributed by atoms with van der Waals surface area (Å²) in [5, 5.41) is 10.1. The first-order chi connectivity index (χ1) is 8.20. The van der Waals surface area contributed by atoms with E-state index in [2.05, 4.69) is 36.7 Å². The van der Waals surface area contributed by atoms with Crippen LogP contribution in [0.2, 0.25) is 0 Å². The molecule has 0 aliphatic rings. The molecule has 2 aromatic rings. The second-order valence-corrected chi connectivity index (χ2v) is 4.93. The van der Waals surface area contributed by atoms with Gasteiger partial charge < -0.3 is 4.57 Å².